The predicted molar refractivity (Wildman–Crippen MR) is 228 cm³/mol. The Labute approximate surface area is 331 Å². The number of benzene rings is 8. The van der Waals surface area contributed by atoms with Crippen LogP contribution in [0.2, 0.25) is 0 Å². The topological polar surface area (TPSA) is 74.2 Å². The van der Waals surface area contributed by atoms with Gasteiger partial charge in [0.05, 0.1) is 16.5 Å². The Morgan fingerprint density at radius 3 is 1.34 bits per heavy atom. The summed E-state index contributed by atoms with van der Waals surface area (Å²) in [5, 5.41) is 4.09. The summed E-state index contributed by atoms with van der Waals surface area (Å²) in [6, 6.07) is 60.6. The minimum Gasteiger partial charge on any atom is -0.457 e. The summed E-state index contributed by atoms with van der Waals surface area (Å²) in [5.74, 6) is 3.27. The number of hydrogen-bond donors (Lipinski definition) is 0. The van der Waals surface area contributed by atoms with E-state index < -0.39 is 5.41 Å². The summed E-state index contributed by atoms with van der Waals surface area (Å²) in [6.45, 7) is 0. The van der Waals surface area contributed by atoms with Gasteiger partial charge in [-0.15, -0.1) is 0 Å². The van der Waals surface area contributed by atoms with E-state index in [2.05, 4.69) is 103 Å². The predicted octanol–water partition coefficient (Wildman–Crippen LogP) is 13.1. The van der Waals surface area contributed by atoms with Crippen LogP contribution in [0.15, 0.2) is 185 Å². The number of ether oxygens (including phenoxy) is 1. The molecular formula is C52H29N3O3. The lowest BCUT2D eigenvalue weighted by Crippen LogP contribution is -2.32. The Hall–Kier alpha value is -7.83. The fourth-order valence-corrected chi connectivity index (χ4v) is 9.67. The summed E-state index contributed by atoms with van der Waals surface area (Å²) in [7, 11) is 0. The first kappa shape index (κ1) is 31.4. The SMILES string of the molecule is c1ccc2c(c1)Oc1ccccc1C21c2ccccc2-c2c(-c3nc(-c4cccc5c4oc4ccccc45)nc(-c4cccc5c4oc4ccccc45)n3)cccc21. The Morgan fingerprint density at radius 1 is 0.328 bits per heavy atom. The third kappa shape index (κ3) is 4.13. The third-order valence-electron chi connectivity index (χ3n) is 12.0. The van der Waals surface area contributed by atoms with Crippen LogP contribution in [0.3, 0.4) is 0 Å². The smallest absolute Gasteiger partial charge is 0.167 e. The van der Waals surface area contributed by atoms with Gasteiger partial charge in [0.2, 0.25) is 0 Å². The van der Waals surface area contributed by atoms with Gasteiger partial charge in [-0.1, -0.05) is 140 Å². The Kier molecular flexibility index (Phi) is 6.28. The first-order valence-corrected chi connectivity index (χ1v) is 19.4. The molecule has 270 valence electrons. The molecular weight excluding hydrogens is 715 g/mol. The molecule has 0 unspecified atom stereocenters. The highest BCUT2D eigenvalue weighted by Gasteiger charge is 2.51. The minimum atomic E-state index is -0.633. The fourth-order valence-electron chi connectivity index (χ4n) is 9.67. The molecule has 1 spiro atoms. The van der Waals surface area contributed by atoms with E-state index in [1.807, 2.05) is 72.8 Å². The second-order valence-corrected chi connectivity index (χ2v) is 15.0. The van der Waals surface area contributed by atoms with E-state index in [1.54, 1.807) is 0 Å². The second-order valence-electron chi connectivity index (χ2n) is 15.0. The molecule has 0 radical (unpaired) electrons. The zero-order valence-electron chi connectivity index (χ0n) is 30.8. The van der Waals surface area contributed by atoms with E-state index in [1.165, 1.54) is 5.56 Å². The standard InChI is InChI=1S/C52H29N3O3/c1-4-22-38-34(16-1)46-35(19-13-25-41(46)52(38)39-23-5-9-28-44(39)56-45-29-10-6-24-40(45)52)49-53-50(36-20-11-17-32-30-14-2-7-26-42(30)57-47(32)36)55-51(54-49)37-21-12-18-33-31-15-3-8-27-43(31)58-48(33)37/h1-29H. The van der Waals surface area contributed by atoms with Gasteiger partial charge in [0.25, 0.3) is 0 Å². The molecule has 0 N–H and O–H groups in total. The van der Waals surface area contributed by atoms with Gasteiger partial charge in [-0.25, -0.2) is 15.0 Å². The minimum absolute atomic E-state index is 0.512. The Morgan fingerprint density at radius 2 is 0.741 bits per heavy atom. The highest BCUT2D eigenvalue weighted by atomic mass is 16.5. The van der Waals surface area contributed by atoms with E-state index in [-0.39, 0.29) is 0 Å². The van der Waals surface area contributed by atoms with Gasteiger partial charge in [-0.2, -0.15) is 0 Å². The first-order valence-electron chi connectivity index (χ1n) is 19.4. The van der Waals surface area contributed by atoms with Crippen molar-refractivity contribution < 1.29 is 13.6 Å². The van der Waals surface area contributed by atoms with Gasteiger partial charge in [0.1, 0.15) is 33.8 Å². The van der Waals surface area contributed by atoms with E-state index in [0.717, 1.165) is 99.9 Å². The highest BCUT2D eigenvalue weighted by molar-refractivity contribution is 6.10. The van der Waals surface area contributed by atoms with Gasteiger partial charge in [0, 0.05) is 38.2 Å². The maximum Gasteiger partial charge on any atom is 0.167 e. The van der Waals surface area contributed by atoms with Crippen LogP contribution in [-0.4, -0.2) is 15.0 Å². The number of aromatic nitrogens is 3. The average molecular weight is 744 g/mol. The van der Waals surface area contributed by atoms with Crippen LogP contribution in [0.1, 0.15) is 22.3 Å². The van der Waals surface area contributed by atoms with Crippen LogP contribution < -0.4 is 4.74 Å². The van der Waals surface area contributed by atoms with Crippen molar-refractivity contribution in [3.63, 3.8) is 0 Å². The number of rotatable bonds is 3. The number of para-hydroxylation sites is 6. The van der Waals surface area contributed by atoms with Gasteiger partial charge >= 0.3 is 0 Å². The normalized spacial score (nSPS) is 13.4. The summed E-state index contributed by atoms with van der Waals surface area (Å²) >= 11 is 0. The van der Waals surface area contributed by atoms with Crippen molar-refractivity contribution in [1.29, 1.82) is 0 Å². The van der Waals surface area contributed by atoms with Crippen LogP contribution in [0, 0.1) is 0 Å². The molecule has 2 aliphatic rings. The number of hydrogen-bond acceptors (Lipinski definition) is 6. The maximum atomic E-state index is 6.60. The van der Waals surface area contributed by atoms with E-state index in [0.29, 0.717) is 17.5 Å². The highest BCUT2D eigenvalue weighted by Crippen LogP contribution is 2.63. The van der Waals surface area contributed by atoms with Gasteiger partial charge < -0.3 is 13.6 Å². The lowest BCUT2D eigenvalue weighted by Gasteiger charge is -2.39. The monoisotopic (exact) mass is 743 g/mol. The van der Waals surface area contributed by atoms with Crippen LogP contribution in [0.25, 0.3) is 89.2 Å². The van der Waals surface area contributed by atoms with Crippen LogP contribution in [0.4, 0.5) is 0 Å². The number of furan rings is 2. The molecule has 1 aliphatic carbocycles. The summed E-state index contributed by atoms with van der Waals surface area (Å²) in [6.07, 6.45) is 0. The molecule has 3 aromatic heterocycles. The molecule has 8 aromatic carbocycles. The molecule has 6 nitrogen and oxygen atoms in total. The molecule has 58 heavy (non-hydrogen) atoms. The van der Waals surface area contributed by atoms with Crippen LogP contribution in [0.5, 0.6) is 11.5 Å². The molecule has 0 atom stereocenters. The zero-order valence-corrected chi connectivity index (χ0v) is 30.8. The van der Waals surface area contributed by atoms with Crippen molar-refractivity contribution in [1.82, 2.24) is 15.0 Å². The Balaban J connectivity index is 1.13. The molecule has 11 aromatic rings. The van der Waals surface area contributed by atoms with E-state index in [4.69, 9.17) is 28.5 Å². The van der Waals surface area contributed by atoms with Crippen molar-refractivity contribution in [3.05, 3.63) is 198 Å². The second kappa shape index (κ2) is 11.6. The van der Waals surface area contributed by atoms with Crippen molar-refractivity contribution in [2.75, 3.05) is 0 Å². The van der Waals surface area contributed by atoms with Gasteiger partial charge in [-0.05, 0) is 58.7 Å². The summed E-state index contributed by atoms with van der Waals surface area (Å²) in [4.78, 5) is 16.0. The largest absolute Gasteiger partial charge is 0.457 e. The summed E-state index contributed by atoms with van der Waals surface area (Å²) < 4.78 is 19.7. The van der Waals surface area contributed by atoms with Gasteiger partial charge in [0.15, 0.2) is 17.5 Å². The number of nitrogens with zero attached hydrogens (tertiary/aromatic N) is 3. The fraction of sp³-hybridized carbons (Fsp3) is 0.0192. The van der Waals surface area contributed by atoms with Crippen molar-refractivity contribution >= 4 is 43.9 Å². The molecule has 0 bridgehead atoms. The molecule has 0 saturated carbocycles. The first-order chi connectivity index (χ1) is 28.8. The summed E-state index contributed by atoms with van der Waals surface area (Å²) in [5.41, 5.74) is 11.7. The maximum absolute atomic E-state index is 6.60. The van der Waals surface area contributed by atoms with Gasteiger partial charge in [-0.3, -0.25) is 0 Å². The lowest BCUT2D eigenvalue weighted by molar-refractivity contribution is 0.436. The third-order valence-corrected chi connectivity index (χ3v) is 12.0. The zero-order chi connectivity index (χ0) is 38.0. The van der Waals surface area contributed by atoms with Crippen molar-refractivity contribution in [3.8, 4) is 56.8 Å². The quantitative estimate of drug-likeness (QED) is 0.179. The molecule has 6 heteroatoms. The molecule has 13 rings (SSSR count). The van der Waals surface area contributed by atoms with Crippen molar-refractivity contribution in [2.45, 2.75) is 5.41 Å². The van der Waals surface area contributed by atoms with E-state index >= 15 is 0 Å². The van der Waals surface area contributed by atoms with Crippen LogP contribution >= 0.6 is 0 Å². The molecule has 0 saturated heterocycles. The van der Waals surface area contributed by atoms with Crippen LogP contribution in [-0.2, 0) is 5.41 Å². The molecule has 0 fully saturated rings. The molecule has 1 aliphatic heterocycles. The van der Waals surface area contributed by atoms with Crippen molar-refractivity contribution in [2.24, 2.45) is 0 Å². The van der Waals surface area contributed by atoms with E-state index in [9.17, 15) is 0 Å². The number of fused-ring (bicyclic) bond motifs is 15. The lowest BCUT2D eigenvalue weighted by atomic mass is 9.66. The molecule has 0 amide bonds. The Bertz CT molecular complexity index is 3350. The molecule has 4 heterocycles. The average Bonchev–Trinajstić information content (AvgIpc) is 3.95.